The number of benzene rings is 2. The molecular formula is C25H24F3N7O2S2. The number of aromatic nitrogens is 3. The molecule has 2 aromatic heterocycles. The zero-order valence-electron chi connectivity index (χ0n) is 20.5. The molecule has 6 rings (SSSR count). The lowest BCUT2D eigenvalue weighted by molar-refractivity contribution is -0.137. The van der Waals surface area contributed by atoms with Crippen molar-refractivity contribution in [3.8, 4) is 0 Å². The van der Waals surface area contributed by atoms with Crippen molar-refractivity contribution >= 4 is 66.5 Å². The van der Waals surface area contributed by atoms with Crippen LogP contribution in [0.1, 0.15) is 18.4 Å². The Bertz CT molecular complexity index is 1660. The molecule has 0 spiro atoms. The number of hydrogen-bond acceptors (Lipinski definition) is 6. The summed E-state index contributed by atoms with van der Waals surface area (Å²) in [5.74, 6) is 0.661. The fraction of sp³-hybridized carbons (Fsp3) is 0.320. The number of H-pyrrole nitrogens is 1. The van der Waals surface area contributed by atoms with Crippen LogP contribution in [0.4, 0.5) is 30.4 Å². The van der Waals surface area contributed by atoms with E-state index in [2.05, 4.69) is 29.9 Å². The highest BCUT2D eigenvalue weighted by molar-refractivity contribution is 7.93. The summed E-state index contributed by atoms with van der Waals surface area (Å²) in [7, 11) is -3.32. The Morgan fingerprint density at radius 3 is 2.36 bits per heavy atom. The Morgan fingerprint density at radius 2 is 1.69 bits per heavy atom. The van der Waals surface area contributed by atoms with Crippen molar-refractivity contribution in [2.24, 2.45) is 0 Å². The van der Waals surface area contributed by atoms with Gasteiger partial charge in [-0.3, -0.25) is 4.72 Å². The second-order valence-corrected chi connectivity index (χ2v) is 12.0. The minimum absolute atomic E-state index is 0.293. The molecule has 1 saturated carbocycles. The summed E-state index contributed by atoms with van der Waals surface area (Å²) < 4.78 is 66.4. The highest BCUT2D eigenvalue weighted by Gasteiger charge is 2.35. The number of aromatic amines is 1. The maximum Gasteiger partial charge on any atom is 0.416 e. The van der Waals surface area contributed by atoms with Gasteiger partial charge in [-0.05, 0) is 61.5 Å². The average Bonchev–Trinajstić information content (AvgIpc) is 3.70. The molecule has 1 aliphatic carbocycles. The number of hydrogen-bond donors (Lipinski definition) is 3. The lowest BCUT2D eigenvalue weighted by atomic mass is 10.1. The summed E-state index contributed by atoms with van der Waals surface area (Å²) in [6, 6.07) is 10.6. The highest BCUT2D eigenvalue weighted by Crippen LogP contribution is 2.36. The number of piperazine rings is 1. The Morgan fingerprint density at radius 1 is 1.00 bits per heavy atom. The average molecular weight is 576 g/mol. The summed E-state index contributed by atoms with van der Waals surface area (Å²) in [5, 5.41) is 4.77. The molecule has 14 heteroatoms. The normalized spacial score (nSPS) is 16.6. The molecule has 0 radical (unpaired) electrons. The molecular weight excluding hydrogens is 551 g/mol. The molecule has 1 aliphatic heterocycles. The molecule has 2 aliphatic rings. The lowest BCUT2D eigenvalue weighted by Crippen LogP contribution is -2.50. The molecule has 0 bridgehead atoms. The van der Waals surface area contributed by atoms with E-state index in [0.29, 0.717) is 77.6 Å². The van der Waals surface area contributed by atoms with E-state index in [9.17, 15) is 21.6 Å². The van der Waals surface area contributed by atoms with E-state index in [-0.39, 0.29) is 5.25 Å². The SMILES string of the molecule is O=S(=O)(Nc1ccc(NC(=S)N2CCN(c3ncnc4[nH]c5cc(C(F)(F)F)ccc5c34)CC2)cc1)C1CC1. The molecule has 0 unspecified atom stereocenters. The van der Waals surface area contributed by atoms with Crippen molar-refractivity contribution in [3.05, 3.63) is 54.4 Å². The first-order valence-corrected chi connectivity index (χ1v) is 14.3. The molecule has 204 valence electrons. The van der Waals surface area contributed by atoms with Gasteiger partial charge in [0, 0.05) is 48.5 Å². The minimum atomic E-state index is -4.43. The third-order valence-corrected chi connectivity index (χ3v) is 9.15. The van der Waals surface area contributed by atoms with Crippen LogP contribution in [0.3, 0.4) is 0 Å². The summed E-state index contributed by atoms with van der Waals surface area (Å²) in [6.07, 6.45) is -1.63. The zero-order valence-corrected chi connectivity index (χ0v) is 22.1. The van der Waals surface area contributed by atoms with Crippen molar-refractivity contribution < 1.29 is 21.6 Å². The van der Waals surface area contributed by atoms with Gasteiger partial charge >= 0.3 is 6.18 Å². The molecule has 9 nitrogen and oxygen atoms in total. The number of fused-ring (bicyclic) bond motifs is 3. The summed E-state index contributed by atoms with van der Waals surface area (Å²) in [6.45, 7) is 2.42. The monoisotopic (exact) mass is 575 g/mol. The van der Waals surface area contributed by atoms with E-state index in [1.807, 2.05) is 4.90 Å². The number of nitrogens with one attached hydrogen (secondary N) is 3. The molecule has 39 heavy (non-hydrogen) atoms. The van der Waals surface area contributed by atoms with Crippen LogP contribution in [0.5, 0.6) is 0 Å². The number of halogens is 3. The Kier molecular flexibility index (Phi) is 6.25. The zero-order chi connectivity index (χ0) is 27.4. The molecule has 3 heterocycles. The van der Waals surface area contributed by atoms with Crippen LogP contribution in [0.2, 0.25) is 0 Å². The predicted octanol–water partition coefficient (Wildman–Crippen LogP) is 4.55. The fourth-order valence-corrected chi connectivity index (χ4v) is 6.39. The largest absolute Gasteiger partial charge is 0.416 e. The molecule has 2 aromatic carbocycles. The number of thiocarbonyl (C=S) groups is 1. The van der Waals surface area contributed by atoms with Crippen molar-refractivity contribution in [1.29, 1.82) is 0 Å². The molecule has 0 amide bonds. The van der Waals surface area contributed by atoms with Gasteiger partial charge in [-0.25, -0.2) is 18.4 Å². The Labute approximate surface area is 227 Å². The molecule has 1 saturated heterocycles. The van der Waals surface area contributed by atoms with Gasteiger partial charge in [0.25, 0.3) is 0 Å². The van der Waals surface area contributed by atoms with Gasteiger partial charge in [-0.2, -0.15) is 13.2 Å². The Hall–Kier alpha value is -3.65. The van der Waals surface area contributed by atoms with Crippen LogP contribution < -0.4 is 14.9 Å². The van der Waals surface area contributed by atoms with E-state index in [1.165, 1.54) is 12.4 Å². The van der Waals surface area contributed by atoms with Crippen molar-refractivity contribution in [2.75, 3.05) is 41.1 Å². The first-order chi connectivity index (χ1) is 18.6. The second-order valence-electron chi connectivity index (χ2n) is 9.63. The fourth-order valence-electron chi connectivity index (χ4n) is 4.70. The third-order valence-electron chi connectivity index (χ3n) is 6.92. The molecule has 4 aromatic rings. The quantitative estimate of drug-likeness (QED) is 0.298. The summed E-state index contributed by atoms with van der Waals surface area (Å²) in [5.41, 5.74) is 1.37. The van der Waals surface area contributed by atoms with Crippen LogP contribution in [0, 0.1) is 0 Å². The van der Waals surface area contributed by atoms with Gasteiger partial charge in [0.1, 0.15) is 17.8 Å². The van der Waals surface area contributed by atoms with E-state index < -0.39 is 21.8 Å². The Balaban J connectivity index is 1.12. The minimum Gasteiger partial charge on any atom is -0.352 e. The van der Waals surface area contributed by atoms with Crippen LogP contribution in [0.25, 0.3) is 21.9 Å². The summed E-state index contributed by atoms with van der Waals surface area (Å²) in [4.78, 5) is 15.8. The van der Waals surface area contributed by atoms with Gasteiger partial charge in [-0.15, -0.1) is 0 Å². The number of nitrogens with zero attached hydrogens (tertiary/aromatic N) is 4. The standard InChI is InChI=1S/C25H24F3N7O2S2/c26-25(27,28)15-1-8-19-20(13-15)32-22-21(19)23(30-14-29-22)34-9-11-35(12-10-34)24(38)31-16-2-4-17(5-3-16)33-39(36,37)18-6-7-18/h1-5,8,13-14,18,33H,6-7,9-12H2,(H,31,38)(H,29,30,32). The van der Waals surface area contributed by atoms with Crippen molar-refractivity contribution in [2.45, 2.75) is 24.3 Å². The van der Waals surface area contributed by atoms with E-state index in [1.54, 1.807) is 24.3 Å². The van der Waals surface area contributed by atoms with Crippen LogP contribution in [-0.2, 0) is 16.2 Å². The van der Waals surface area contributed by atoms with E-state index in [0.717, 1.165) is 17.8 Å². The van der Waals surface area contributed by atoms with Gasteiger partial charge in [0.2, 0.25) is 10.0 Å². The van der Waals surface area contributed by atoms with Crippen LogP contribution in [-0.4, -0.2) is 64.8 Å². The number of rotatable bonds is 5. The smallest absolute Gasteiger partial charge is 0.352 e. The first-order valence-electron chi connectivity index (χ1n) is 12.3. The van der Waals surface area contributed by atoms with Gasteiger partial charge < -0.3 is 20.1 Å². The second kappa shape index (κ2) is 9.52. The highest BCUT2D eigenvalue weighted by atomic mass is 32.2. The number of anilines is 3. The van der Waals surface area contributed by atoms with E-state index in [4.69, 9.17) is 12.2 Å². The van der Waals surface area contributed by atoms with Crippen molar-refractivity contribution in [1.82, 2.24) is 19.9 Å². The van der Waals surface area contributed by atoms with Gasteiger partial charge in [0.15, 0.2) is 5.11 Å². The van der Waals surface area contributed by atoms with Gasteiger partial charge in [0.05, 0.1) is 16.2 Å². The van der Waals surface area contributed by atoms with Crippen LogP contribution >= 0.6 is 12.2 Å². The van der Waals surface area contributed by atoms with E-state index >= 15 is 0 Å². The maximum atomic E-state index is 13.2. The number of sulfonamides is 1. The van der Waals surface area contributed by atoms with Gasteiger partial charge in [-0.1, -0.05) is 6.07 Å². The van der Waals surface area contributed by atoms with Crippen LogP contribution in [0.15, 0.2) is 48.8 Å². The van der Waals surface area contributed by atoms with Crippen molar-refractivity contribution in [3.63, 3.8) is 0 Å². The first kappa shape index (κ1) is 25.6. The molecule has 2 fully saturated rings. The lowest BCUT2D eigenvalue weighted by Gasteiger charge is -2.37. The summed E-state index contributed by atoms with van der Waals surface area (Å²) >= 11 is 5.61. The molecule has 0 atom stereocenters. The topological polar surface area (TPSA) is 106 Å². The molecule has 3 N–H and O–H groups in total. The number of alkyl halides is 3. The maximum absolute atomic E-state index is 13.2. The predicted molar refractivity (Wildman–Crippen MR) is 148 cm³/mol. The third kappa shape index (κ3) is 5.17.